The smallest absolute Gasteiger partial charge is 0.107 e. The molecule has 0 amide bonds. The third-order valence-corrected chi connectivity index (χ3v) is 5.90. The quantitative estimate of drug-likeness (QED) is 0.497. The van der Waals surface area contributed by atoms with Crippen LogP contribution < -0.4 is 0 Å². The van der Waals surface area contributed by atoms with Crippen LogP contribution in [0.3, 0.4) is 0 Å². The zero-order chi connectivity index (χ0) is 10.5. The molecule has 2 heterocycles. The van der Waals surface area contributed by atoms with Gasteiger partial charge in [0.05, 0.1) is 18.3 Å². The van der Waals surface area contributed by atoms with Gasteiger partial charge in [0.15, 0.2) is 0 Å². The van der Waals surface area contributed by atoms with Gasteiger partial charge in [-0.05, 0) is 38.5 Å². The van der Waals surface area contributed by atoms with Gasteiger partial charge in [0, 0.05) is 11.3 Å². The first kappa shape index (κ1) is 8.71. The molecule has 6 atom stereocenters. The lowest BCUT2D eigenvalue weighted by Crippen LogP contribution is -2.44. The van der Waals surface area contributed by atoms with Crippen LogP contribution >= 0.6 is 0 Å². The van der Waals surface area contributed by atoms with Gasteiger partial charge >= 0.3 is 0 Å². The van der Waals surface area contributed by atoms with Crippen LogP contribution in [-0.2, 0) is 9.47 Å². The zero-order valence-corrected chi connectivity index (χ0v) is 9.74. The lowest BCUT2D eigenvalue weighted by molar-refractivity contribution is -0.131. The minimum absolute atomic E-state index is 0.270. The van der Waals surface area contributed by atoms with Gasteiger partial charge in [-0.3, -0.25) is 0 Å². The van der Waals surface area contributed by atoms with E-state index in [9.17, 15) is 0 Å². The van der Waals surface area contributed by atoms with E-state index < -0.39 is 0 Å². The molecule has 16 heavy (non-hydrogen) atoms. The van der Waals surface area contributed by atoms with Gasteiger partial charge in [0.1, 0.15) is 6.10 Å². The summed E-state index contributed by atoms with van der Waals surface area (Å²) in [6, 6.07) is 0. The molecule has 6 unspecified atom stereocenters. The highest BCUT2D eigenvalue weighted by molar-refractivity contribution is 5.41. The Hall–Kier alpha value is -0.340. The highest BCUT2D eigenvalue weighted by Gasteiger charge is 2.80. The van der Waals surface area contributed by atoms with Crippen LogP contribution in [0.4, 0.5) is 0 Å². The van der Waals surface area contributed by atoms with E-state index in [1.54, 1.807) is 5.57 Å². The molecule has 2 aliphatic heterocycles. The van der Waals surface area contributed by atoms with Crippen LogP contribution in [0.1, 0.15) is 32.6 Å². The van der Waals surface area contributed by atoms with Gasteiger partial charge < -0.3 is 9.47 Å². The highest BCUT2D eigenvalue weighted by atomic mass is 16.6. The van der Waals surface area contributed by atoms with Crippen LogP contribution in [0.5, 0.6) is 0 Å². The van der Waals surface area contributed by atoms with E-state index in [2.05, 4.69) is 13.0 Å². The Morgan fingerprint density at radius 3 is 3.00 bits per heavy atom. The number of allylic oxidation sites excluding steroid dienone is 1. The van der Waals surface area contributed by atoms with Gasteiger partial charge in [-0.2, -0.15) is 0 Å². The SMILES string of the molecule is CC1=CC2CC23OC(C2CO2)CCC32CC12. The molecule has 0 aromatic carbocycles. The molecular weight excluding hydrogens is 200 g/mol. The summed E-state index contributed by atoms with van der Waals surface area (Å²) in [6.07, 6.45) is 8.70. The number of rotatable bonds is 1. The van der Waals surface area contributed by atoms with Crippen LogP contribution in [0, 0.1) is 17.3 Å². The molecule has 0 aromatic rings. The summed E-state index contributed by atoms with van der Waals surface area (Å²) in [5, 5.41) is 0. The van der Waals surface area contributed by atoms with Crippen molar-refractivity contribution in [3.8, 4) is 0 Å². The second-order valence-electron chi connectivity index (χ2n) is 6.59. The Labute approximate surface area is 96.0 Å². The molecule has 86 valence electrons. The van der Waals surface area contributed by atoms with Crippen molar-refractivity contribution in [1.82, 2.24) is 0 Å². The second-order valence-corrected chi connectivity index (χ2v) is 6.59. The normalized spacial score (nSPS) is 64.9. The fourth-order valence-electron chi connectivity index (χ4n) is 4.84. The van der Waals surface area contributed by atoms with Crippen molar-refractivity contribution in [2.24, 2.45) is 17.3 Å². The first-order chi connectivity index (χ1) is 7.75. The maximum Gasteiger partial charge on any atom is 0.107 e. The first-order valence-corrected chi connectivity index (χ1v) is 6.73. The summed E-state index contributed by atoms with van der Waals surface area (Å²) >= 11 is 0. The van der Waals surface area contributed by atoms with Crippen molar-refractivity contribution in [2.45, 2.75) is 50.4 Å². The summed E-state index contributed by atoms with van der Waals surface area (Å²) in [5.74, 6) is 1.61. The van der Waals surface area contributed by atoms with Crippen molar-refractivity contribution >= 4 is 0 Å². The van der Waals surface area contributed by atoms with E-state index >= 15 is 0 Å². The van der Waals surface area contributed by atoms with Crippen LogP contribution in [0.25, 0.3) is 0 Å². The fourth-order valence-corrected chi connectivity index (χ4v) is 4.84. The van der Waals surface area contributed by atoms with Gasteiger partial charge in [-0.15, -0.1) is 0 Å². The lowest BCUT2D eigenvalue weighted by atomic mass is 9.78. The van der Waals surface area contributed by atoms with Crippen LogP contribution in [0.15, 0.2) is 11.6 Å². The molecular formula is C14H18O2. The Kier molecular flexibility index (Phi) is 1.24. The summed E-state index contributed by atoms with van der Waals surface area (Å²) < 4.78 is 11.9. The number of ether oxygens (including phenoxy) is 2. The van der Waals surface area contributed by atoms with Crippen LogP contribution in [-0.4, -0.2) is 24.4 Å². The van der Waals surface area contributed by atoms with E-state index in [1.165, 1.54) is 25.7 Å². The lowest BCUT2D eigenvalue weighted by Gasteiger charge is -2.40. The summed E-state index contributed by atoms with van der Waals surface area (Å²) in [5.41, 5.74) is 2.50. The largest absolute Gasteiger partial charge is 0.370 e. The first-order valence-electron chi connectivity index (χ1n) is 6.73. The summed E-state index contributed by atoms with van der Waals surface area (Å²) in [7, 11) is 0. The van der Waals surface area contributed by atoms with Gasteiger partial charge in [0.25, 0.3) is 0 Å². The molecule has 5 aliphatic rings. The molecule has 2 heteroatoms. The molecule has 2 saturated carbocycles. The minimum atomic E-state index is 0.270. The molecule has 4 fully saturated rings. The molecule has 0 radical (unpaired) electrons. The van der Waals surface area contributed by atoms with Crippen molar-refractivity contribution in [1.29, 1.82) is 0 Å². The van der Waals surface area contributed by atoms with E-state index in [-0.39, 0.29) is 5.60 Å². The van der Waals surface area contributed by atoms with E-state index in [0.717, 1.165) is 18.4 Å². The average molecular weight is 218 g/mol. The van der Waals surface area contributed by atoms with Gasteiger partial charge in [0.2, 0.25) is 0 Å². The Balaban J connectivity index is 1.53. The van der Waals surface area contributed by atoms with E-state index in [4.69, 9.17) is 9.47 Å². The molecule has 3 aliphatic carbocycles. The standard InChI is InChI=1S/C14H18O2/c1-8-4-9-5-14(9)13(6-10(8)13)3-2-11(16-14)12-7-15-12/h4,9-12H,2-3,5-7H2,1H3. The molecule has 0 aromatic heterocycles. The average Bonchev–Trinajstić information content (AvgIpc) is 3.07. The molecule has 2 spiro atoms. The molecule has 0 N–H and O–H groups in total. The Bertz CT molecular complexity index is 411. The zero-order valence-electron chi connectivity index (χ0n) is 9.74. The molecule has 2 nitrogen and oxygen atoms in total. The highest BCUT2D eigenvalue weighted by Crippen LogP contribution is 2.80. The predicted molar refractivity (Wildman–Crippen MR) is 59.0 cm³/mol. The third kappa shape index (κ3) is 0.790. The third-order valence-electron chi connectivity index (χ3n) is 5.90. The number of epoxide rings is 1. The fraction of sp³-hybridized carbons (Fsp3) is 0.857. The molecule has 5 rings (SSSR count). The van der Waals surface area contributed by atoms with Crippen molar-refractivity contribution in [3.05, 3.63) is 11.6 Å². The monoisotopic (exact) mass is 218 g/mol. The summed E-state index contributed by atoms with van der Waals surface area (Å²) in [6.45, 7) is 3.27. The Morgan fingerprint density at radius 1 is 1.31 bits per heavy atom. The maximum atomic E-state index is 6.50. The second kappa shape index (κ2) is 2.28. The maximum absolute atomic E-state index is 6.50. The van der Waals surface area contributed by atoms with Crippen molar-refractivity contribution in [2.75, 3.05) is 6.61 Å². The van der Waals surface area contributed by atoms with E-state index in [1.807, 2.05) is 0 Å². The summed E-state index contributed by atoms with van der Waals surface area (Å²) in [4.78, 5) is 0. The van der Waals surface area contributed by atoms with E-state index in [0.29, 0.717) is 17.6 Å². The predicted octanol–water partition coefficient (Wildman–Crippen LogP) is 2.29. The minimum Gasteiger partial charge on any atom is -0.370 e. The topological polar surface area (TPSA) is 21.8 Å². The Morgan fingerprint density at radius 2 is 2.19 bits per heavy atom. The number of hydrogen-bond donors (Lipinski definition) is 0. The molecule has 2 saturated heterocycles. The van der Waals surface area contributed by atoms with Crippen molar-refractivity contribution < 1.29 is 9.47 Å². The van der Waals surface area contributed by atoms with Crippen LogP contribution in [0.2, 0.25) is 0 Å². The number of hydrogen-bond acceptors (Lipinski definition) is 2. The van der Waals surface area contributed by atoms with Gasteiger partial charge in [-0.1, -0.05) is 11.6 Å². The molecule has 0 bridgehead atoms. The van der Waals surface area contributed by atoms with Gasteiger partial charge in [-0.25, -0.2) is 0 Å². The van der Waals surface area contributed by atoms with Crippen molar-refractivity contribution in [3.63, 3.8) is 0 Å².